The molecule has 1 heterocycles. The molecular weight excluding hydrogens is 529 g/mol. The number of hydrogen-bond acceptors (Lipinski definition) is 4. The van der Waals surface area contributed by atoms with E-state index in [1.165, 1.54) is 0 Å². The largest absolute Gasteiger partial charge is 0.489 e. The average molecular weight is 549 g/mol. The maximum Gasteiger partial charge on any atom is 0.243 e. The van der Waals surface area contributed by atoms with Crippen LogP contribution in [0.15, 0.2) is 71.2 Å². The number of nitrogens with one attached hydrogen (secondary N) is 2. The Bertz CT molecular complexity index is 1140. The molecule has 0 spiro atoms. The summed E-state index contributed by atoms with van der Waals surface area (Å²) in [5, 5.41) is 1.10. The zero-order valence-corrected chi connectivity index (χ0v) is 20.5. The van der Waals surface area contributed by atoms with E-state index in [0.717, 1.165) is 15.7 Å². The van der Waals surface area contributed by atoms with Crippen molar-refractivity contribution in [3.63, 3.8) is 0 Å². The molecular formula is C24H20BrCl2N3O3. The lowest BCUT2D eigenvalue weighted by molar-refractivity contribution is -0.125. The van der Waals surface area contributed by atoms with Crippen LogP contribution in [0.5, 0.6) is 5.75 Å². The summed E-state index contributed by atoms with van der Waals surface area (Å²) in [6, 6.07) is 19.8. The number of rotatable bonds is 7. The quantitative estimate of drug-likeness (QED) is 0.364. The molecule has 1 aliphatic heterocycles. The topological polar surface area (TPSA) is 70.7 Å². The lowest BCUT2D eigenvalue weighted by atomic mass is 10.1. The molecule has 1 aliphatic rings. The average Bonchev–Trinajstić information content (AvgIpc) is 3.20. The summed E-state index contributed by atoms with van der Waals surface area (Å²) in [6.45, 7) is 0.581. The molecule has 1 fully saturated rings. The van der Waals surface area contributed by atoms with E-state index in [4.69, 9.17) is 27.9 Å². The van der Waals surface area contributed by atoms with Gasteiger partial charge in [0.1, 0.15) is 12.4 Å². The minimum atomic E-state index is -0.434. The van der Waals surface area contributed by atoms with E-state index in [-0.39, 0.29) is 24.8 Å². The number of nitrogens with zero attached hydrogens (tertiary/aromatic N) is 1. The van der Waals surface area contributed by atoms with Crippen LogP contribution in [0.3, 0.4) is 0 Å². The highest BCUT2D eigenvalue weighted by molar-refractivity contribution is 9.10. The fourth-order valence-electron chi connectivity index (χ4n) is 3.45. The highest BCUT2D eigenvalue weighted by atomic mass is 79.9. The number of halogens is 3. The monoisotopic (exact) mass is 547 g/mol. The second kappa shape index (κ2) is 10.5. The third-order valence-electron chi connectivity index (χ3n) is 5.26. The minimum Gasteiger partial charge on any atom is -0.489 e. The van der Waals surface area contributed by atoms with Crippen LogP contribution in [0.1, 0.15) is 12.0 Å². The summed E-state index contributed by atoms with van der Waals surface area (Å²) in [5.74, 6) is -0.111. The van der Waals surface area contributed by atoms with Crippen molar-refractivity contribution in [1.82, 2.24) is 5.43 Å². The van der Waals surface area contributed by atoms with Crippen LogP contribution in [-0.4, -0.2) is 18.4 Å². The predicted molar refractivity (Wildman–Crippen MR) is 134 cm³/mol. The molecule has 0 radical (unpaired) electrons. The van der Waals surface area contributed by atoms with Gasteiger partial charge in [0, 0.05) is 38.7 Å². The molecule has 9 heteroatoms. The van der Waals surface area contributed by atoms with E-state index in [1.54, 1.807) is 47.4 Å². The van der Waals surface area contributed by atoms with Crippen LogP contribution in [0.25, 0.3) is 0 Å². The van der Waals surface area contributed by atoms with E-state index >= 15 is 0 Å². The third kappa shape index (κ3) is 5.79. The van der Waals surface area contributed by atoms with Crippen molar-refractivity contribution >= 4 is 62.3 Å². The zero-order valence-electron chi connectivity index (χ0n) is 17.4. The van der Waals surface area contributed by atoms with Gasteiger partial charge in [-0.25, -0.2) is 0 Å². The number of carbonyl (C=O) groups excluding carboxylic acids is 2. The first-order valence-corrected chi connectivity index (χ1v) is 11.7. The van der Waals surface area contributed by atoms with Crippen LogP contribution in [0, 0.1) is 5.92 Å². The Morgan fingerprint density at radius 2 is 1.70 bits per heavy atom. The molecule has 0 aliphatic carbocycles. The molecule has 4 rings (SSSR count). The Hall–Kier alpha value is -2.74. The molecule has 0 unspecified atom stereocenters. The fourth-order valence-corrected chi connectivity index (χ4v) is 4.22. The summed E-state index contributed by atoms with van der Waals surface area (Å²) in [4.78, 5) is 26.6. The van der Waals surface area contributed by atoms with E-state index in [9.17, 15) is 9.59 Å². The van der Waals surface area contributed by atoms with Gasteiger partial charge in [-0.2, -0.15) is 0 Å². The van der Waals surface area contributed by atoms with Gasteiger partial charge in [-0.05, 0) is 60.7 Å². The maximum absolute atomic E-state index is 12.6. The molecule has 3 aromatic rings. The number of hydrazine groups is 1. The molecule has 1 atom stereocenters. The molecule has 0 saturated carbocycles. The summed E-state index contributed by atoms with van der Waals surface area (Å²) >= 11 is 15.7. The lowest BCUT2D eigenvalue weighted by Crippen LogP contribution is -2.36. The zero-order chi connectivity index (χ0) is 23.4. The van der Waals surface area contributed by atoms with Crippen molar-refractivity contribution in [2.45, 2.75) is 13.0 Å². The third-order valence-corrected chi connectivity index (χ3v) is 6.50. The van der Waals surface area contributed by atoms with Gasteiger partial charge < -0.3 is 9.64 Å². The Morgan fingerprint density at radius 3 is 2.36 bits per heavy atom. The highest BCUT2D eigenvalue weighted by Crippen LogP contribution is 2.28. The van der Waals surface area contributed by atoms with Crippen molar-refractivity contribution in [2.75, 3.05) is 16.9 Å². The van der Waals surface area contributed by atoms with Gasteiger partial charge in [-0.1, -0.05) is 45.2 Å². The fraction of sp³-hybridized carbons (Fsp3) is 0.167. The molecule has 2 N–H and O–H groups in total. The molecule has 33 heavy (non-hydrogen) atoms. The summed E-state index contributed by atoms with van der Waals surface area (Å²) in [7, 11) is 0. The van der Waals surface area contributed by atoms with Gasteiger partial charge in [0.25, 0.3) is 0 Å². The number of benzene rings is 3. The van der Waals surface area contributed by atoms with Crippen molar-refractivity contribution in [3.05, 3.63) is 86.8 Å². The molecule has 0 aromatic heterocycles. The summed E-state index contributed by atoms with van der Waals surface area (Å²) in [5.41, 5.74) is 7.75. The van der Waals surface area contributed by atoms with Crippen LogP contribution in [0.4, 0.5) is 11.4 Å². The smallest absolute Gasteiger partial charge is 0.243 e. The maximum atomic E-state index is 12.6. The standard InChI is InChI=1S/C24H20BrCl2N3O3/c25-16-4-8-18(9-5-16)30-13-15(12-23(30)31)24(32)29-28-17-6-10-19(11-7-17)33-14-20-21(26)2-1-3-22(20)27/h1-11,15,28H,12-14H2,(H,29,32)/t15-/m0/s1. The normalized spacial score (nSPS) is 15.4. The first-order valence-electron chi connectivity index (χ1n) is 10.2. The van der Waals surface area contributed by atoms with Gasteiger partial charge in [-0.3, -0.25) is 20.4 Å². The Balaban J connectivity index is 1.28. The summed E-state index contributed by atoms with van der Waals surface area (Å²) in [6.07, 6.45) is 0.168. The minimum absolute atomic E-state index is 0.0717. The lowest BCUT2D eigenvalue weighted by Gasteiger charge is -2.17. The van der Waals surface area contributed by atoms with Crippen LogP contribution < -0.4 is 20.5 Å². The Kier molecular flexibility index (Phi) is 7.42. The van der Waals surface area contributed by atoms with Gasteiger partial charge >= 0.3 is 0 Å². The first-order chi connectivity index (χ1) is 15.9. The first kappa shape index (κ1) is 23.4. The second-order valence-corrected chi connectivity index (χ2v) is 9.24. The number of hydrogen-bond donors (Lipinski definition) is 2. The van der Waals surface area contributed by atoms with Gasteiger partial charge in [0.15, 0.2) is 0 Å². The SMILES string of the molecule is O=C(NNc1ccc(OCc2c(Cl)cccc2Cl)cc1)[C@H]1CC(=O)N(c2ccc(Br)cc2)C1. The molecule has 6 nitrogen and oxygen atoms in total. The van der Waals surface area contributed by atoms with Crippen molar-refractivity contribution in [1.29, 1.82) is 0 Å². The van der Waals surface area contributed by atoms with Crippen molar-refractivity contribution in [3.8, 4) is 5.75 Å². The Labute approximate surface area is 209 Å². The molecule has 1 saturated heterocycles. The van der Waals surface area contributed by atoms with E-state index in [0.29, 0.717) is 28.0 Å². The number of anilines is 2. The van der Waals surface area contributed by atoms with E-state index in [1.807, 2.05) is 24.3 Å². The van der Waals surface area contributed by atoms with Crippen LogP contribution >= 0.6 is 39.1 Å². The van der Waals surface area contributed by atoms with Crippen molar-refractivity contribution < 1.29 is 14.3 Å². The molecule has 0 bridgehead atoms. The van der Waals surface area contributed by atoms with Crippen LogP contribution in [-0.2, 0) is 16.2 Å². The van der Waals surface area contributed by atoms with Crippen molar-refractivity contribution in [2.24, 2.45) is 5.92 Å². The molecule has 2 amide bonds. The molecule has 170 valence electrons. The predicted octanol–water partition coefficient (Wildman–Crippen LogP) is 5.83. The van der Waals surface area contributed by atoms with Gasteiger partial charge in [0.05, 0.1) is 11.6 Å². The number of ether oxygens (including phenoxy) is 1. The Morgan fingerprint density at radius 1 is 1.03 bits per heavy atom. The summed E-state index contributed by atoms with van der Waals surface area (Å²) < 4.78 is 6.69. The highest BCUT2D eigenvalue weighted by Gasteiger charge is 2.35. The van der Waals surface area contributed by atoms with Gasteiger partial charge in [0.2, 0.25) is 11.8 Å². The molecule has 3 aromatic carbocycles. The van der Waals surface area contributed by atoms with Gasteiger partial charge in [-0.15, -0.1) is 0 Å². The second-order valence-electron chi connectivity index (χ2n) is 7.51. The number of carbonyl (C=O) groups is 2. The van der Waals surface area contributed by atoms with E-state index in [2.05, 4.69) is 26.8 Å². The number of amides is 2. The van der Waals surface area contributed by atoms with E-state index < -0.39 is 5.92 Å². The van der Waals surface area contributed by atoms with Crippen LogP contribution in [0.2, 0.25) is 10.0 Å².